The lowest BCUT2D eigenvalue weighted by Crippen LogP contribution is -1.87. The Morgan fingerprint density at radius 3 is 2.83 bits per heavy atom. The van der Waals surface area contributed by atoms with E-state index in [1.165, 1.54) is 0 Å². The van der Waals surface area contributed by atoms with Crippen molar-refractivity contribution in [2.24, 2.45) is 0 Å². The molecule has 2 rings (SSSR count). The fourth-order valence-corrected chi connectivity index (χ4v) is 2.52. The molecule has 0 bridgehead atoms. The Hall–Kier alpha value is -0.670. The van der Waals surface area contributed by atoms with Gasteiger partial charge in [0.1, 0.15) is 15.8 Å². The van der Waals surface area contributed by atoms with Crippen molar-refractivity contribution in [1.29, 1.82) is 0 Å². The van der Waals surface area contributed by atoms with Gasteiger partial charge in [0.05, 0.1) is 5.39 Å². The SMILES string of the molecule is Cc1nc(Cl)c2c(C)csc2n1. The largest absolute Gasteiger partial charge is 0.222 e. The van der Waals surface area contributed by atoms with E-state index in [-0.39, 0.29) is 0 Å². The zero-order chi connectivity index (χ0) is 8.72. The van der Waals surface area contributed by atoms with Gasteiger partial charge in [-0.1, -0.05) is 11.6 Å². The number of rotatable bonds is 0. The van der Waals surface area contributed by atoms with Crippen LogP contribution in [0.4, 0.5) is 0 Å². The minimum absolute atomic E-state index is 0.566. The summed E-state index contributed by atoms with van der Waals surface area (Å²) >= 11 is 7.57. The highest BCUT2D eigenvalue weighted by Gasteiger charge is 2.07. The summed E-state index contributed by atoms with van der Waals surface area (Å²) in [6, 6.07) is 0. The van der Waals surface area contributed by atoms with Gasteiger partial charge in [0.25, 0.3) is 0 Å². The van der Waals surface area contributed by atoms with E-state index in [9.17, 15) is 0 Å². The summed E-state index contributed by atoms with van der Waals surface area (Å²) in [5.74, 6) is 0.731. The van der Waals surface area contributed by atoms with Gasteiger partial charge in [0.2, 0.25) is 0 Å². The van der Waals surface area contributed by atoms with Crippen LogP contribution >= 0.6 is 22.9 Å². The maximum Gasteiger partial charge on any atom is 0.141 e. The maximum absolute atomic E-state index is 5.96. The van der Waals surface area contributed by atoms with Crippen LogP contribution in [0, 0.1) is 13.8 Å². The van der Waals surface area contributed by atoms with Crippen molar-refractivity contribution in [1.82, 2.24) is 9.97 Å². The molecular formula is C8H7ClN2S. The van der Waals surface area contributed by atoms with Crippen molar-refractivity contribution in [3.63, 3.8) is 0 Å². The molecule has 0 spiro atoms. The Bertz CT molecular complexity index is 436. The van der Waals surface area contributed by atoms with Crippen molar-refractivity contribution in [2.75, 3.05) is 0 Å². The molecule has 0 atom stereocenters. The van der Waals surface area contributed by atoms with Crippen LogP contribution in [0.15, 0.2) is 5.38 Å². The predicted molar refractivity (Wildman–Crippen MR) is 51.9 cm³/mol. The highest BCUT2D eigenvalue weighted by Crippen LogP contribution is 2.28. The van der Waals surface area contributed by atoms with Gasteiger partial charge in [-0.2, -0.15) is 0 Å². The molecule has 62 valence electrons. The van der Waals surface area contributed by atoms with Gasteiger partial charge in [0, 0.05) is 0 Å². The summed E-state index contributed by atoms with van der Waals surface area (Å²) in [5, 5.41) is 3.61. The van der Waals surface area contributed by atoms with Crippen LogP contribution in [0.1, 0.15) is 11.4 Å². The Morgan fingerprint density at radius 1 is 1.33 bits per heavy atom. The first kappa shape index (κ1) is 7.95. The quantitative estimate of drug-likeness (QED) is 0.609. The Kier molecular flexibility index (Phi) is 1.77. The molecule has 0 aliphatic rings. The molecule has 2 aromatic rings. The number of hydrogen-bond acceptors (Lipinski definition) is 3. The zero-order valence-corrected chi connectivity index (χ0v) is 8.33. The lowest BCUT2D eigenvalue weighted by atomic mass is 10.3. The molecule has 2 aromatic heterocycles. The first-order valence-corrected chi connectivity index (χ1v) is 4.82. The monoisotopic (exact) mass is 198 g/mol. The molecule has 0 saturated carbocycles. The third-order valence-electron chi connectivity index (χ3n) is 1.69. The van der Waals surface area contributed by atoms with Crippen LogP contribution in [-0.4, -0.2) is 9.97 Å². The third kappa shape index (κ3) is 1.09. The molecule has 2 nitrogen and oxygen atoms in total. The molecule has 0 radical (unpaired) electrons. The van der Waals surface area contributed by atoms with E-state index in [2.05, 4.69) is 9.97 Å². The van der Waals surface area contributed by atoms with Gasteiger partial charge in [0.15, 0.2) is 0 Å². The number of nitrogens with zero attached hydrogens (tertiary/aromatic N) is 2. The van der Waals surface area contributed by atoms with Crippen molar-refractivity contribution >= 4 is 33.2 Å². The standard InChI is InChI=1S/C8H7ClN2S/c1-4-3-12-8-6(4)7(9)10-5(2)11-8/h3H,1-2H3. The third-order valence-corrected chi connectivity index (χ3v) is 2.95. The lowest BCUT2D eigenvalue weighted by Gasteiger charge is -1.95. The molecule has 0 aliphatic carbocycles. The van der Waals surface area contributed by atoms with Crippen LogP contribution in [0.5, 0.6) is 0 Å². The number of thiophene rings is 1. The van der Waals surface area contributed by atoms with Crippen molar-refractivity contribution < 1.29 is 0 Å². The summed E-state index contributed by atoms with van der Waals surface area (Å²) in [4.78, 5) is 9.35. The Morgan fingerprint density at radius 2 is 2.08 bits per heavy atom. The minimum Gasteiger partial charge on any atom is -0.222 e. The molecular weight excluding hydrogens is 192 g/mol. The molecule has 0 aromatic carbocycles. The lowest BCUT2D eigenvalue weighted by molar-refractivity contribution is 1.10. The molecule has 0 fully saturated rings. The van der Waals surface area contributed by atoms with Gasteiger partial charge in [-0.3, -0.25) is 0 Å². The smallest absolute Gasteiger partial charge is 0.141 e. The topological polar surface area (TPSA) is 25.8 Å². The van der Waals surface area contributed by atoms with E-state index < -0.39 is 0 Å². The number of halogens is 1. The second kappa shape index (κ2) is 2.68. The number of aromatic nitrogens is 2. The molecule has 0 aliphatic heterocycles. The maximum atomic E-state index is 5.96. The summed E-state index contributed by atoms with van der Waals surface area (Å²) in [7, 11) is 0. The summed E-state index contributed by atoms with van der Waals surface area (Å²) in [6.45, 7) is 3.86. The van der Waals surface area contributed by atoms with E-state index in [1.54, 1.807) is 11.3 Å². The molecule has 0 unspecified atom stereocenters. The molecule has 0 saturated heterocycles. The van der Waals surface area contributed by atoms with E-state index in [0.29, 0.717) is 5.15 Å². The molecule has 0 amide bonds. The number of hydrogen-bond donors (Lipinski definition) is 0. The summed E-state index contributed by atoms with van der Waals surface area (Å²) < 4.78 is 0. The Balaban J connectivity index is 2.93. The fraction of sp³-hybridized carbons (Fsp3) is 0.250. The number of aryl methyl sites for hydroxylation is 2. The molecule has 0 N–H and O–H groups in total. The first-order chi connectivity index (χ1) is 5.68. The van der Waals surface area contributed by atoms with Crippen LogP contribution in [0.25, 0.3) is 10.2 Å². The number of fused-ring (bicyclic) bond motifs is 1. The molecule has 4 heteroatoms. The highest BCUT2D eigenvalue weighted by molar-refractivity contribution is 7.17. The Labute approximate surface area is 79.2 Å². The fourth-order valence-electron chi connectivity index (χ4n) is 1.13. The summed E-state index contributed by atoms with van der Waals surface area (Å²) in [5.41, 5.74) is 1.15. The van der Waals surface area contributed by atoms with Gasteiger partial charge < -0.3 is 0 Å². The predicted octanol–water partition coefficient (Wildman–Crippen LogP) is 2.96. The average Bonchev–Trinajstić information content (AvgIpc) is 2.31. The van der Waals surface area contributed by atoms with Crippen LogP contribution in [0.2, 0.25) is 5.15 Å². The van der Waals surface area contributed by atoms with Crippen molar-refractivity contribution in [3.05, 3.63) is 21.9 Å². The van der Waals surface area contributed by atoms with E-state index in [1.807, 2.05) is 19.2 Å². The summed E-state index contributed by atoms with van der Waals surface area (Å²) in [6.07, 6.45) is 0. The molecule has 2 heterocycles. The van der Waals surface area contributed by atoms with Crippen molar-refractivity contribution in [2.45, 2.75) is 13.8 Å². The van der Waals surface area contributed by atoms with Crippen molar-refractivity contribution in [3.8, 4) is 0 Å². The highest BCUT2D eigenvalue weighted by atomic mass is 35.5. The van der Waals surface area contributed by atoms with E-state index >= 15 is 0 Å². The second-order valence-corrected chi connectivity index (χ2v) is 3.88. The van der Waals surface area contributed by atoms with Crippen LogP contribution < -0.4 is 0 Å². The van der Waals surface area contributed by atoms with Crippen LogP contribution in [0.3, 0.4) is 0 Å². The molecule has 12 heavy (non-hydrogen) atoms. The van der Waals surface area contributed by atoms with Crippen LogP contribution in [-0.2, 0) is 0 Å². The average molecular weight is 199 g/mol. The normalized spacial score (nSPS) is 10.9. The van der Waals surface area contributed by atoms with Gasteiger partial charge >= 0.3 is 0 Å². The van der Waals surface area contributed by atoms with Gasteiger partial charge in [-0.05, 0) is 24.8 Å². The first-order valence-electron chi connectivity index (χ1n) is 3.56. The van der Waals surface area contributed by atoms with E-state index in [0.717, 1.165) is 21.6 Å². The van der Waals surface area contributed by atoms with E-state index in [4.69, 9.17) is 11.6 Å². The second-order valence-electron chi connectivity index (χ2n) is 2.66. The zero-order valence-electron chi connectivity index (χ0n) is 6.76. The van der Waals surface area contributed by atoms with Gasteiger partial charge in [-0.25, -0.2) is 9.97 Å². The van der Waals surface area contributed by atoms with Gasteiger partial charge in [-0.15, -0.1) is 11.3 Å². The minimum atomic E-state index is 0.566.